The topological polar surface area (TPSA) is 90.5 Å². The van der Waals surface area contributed by atoms with Crippen molar-refractivity contribution in [2.75, 3.05) is 6.54 Å². The quantitative estimate of drug-likeness (QED) is 0.789. The van der Waals surface area contributed by atoms with Gasteiger partial charge in [0.05, 0.1) is 5.56 Å². The number of nitrogens with one attached hydrogen (secondary N) is 1. The van der Waals surface area contributed by atoms with Crippen molar-refractivity contribution in [2.24, 2.45) is 0 Å². The maximum Gasteiger partial charge on any atom is 0.323 e. The molecule has 0 atom stereocenters. The Morgan fingerprint density at radius 3 is 2.47 bits per heavy atom. The number of aromatic amines is 1. The largest absolute Gasteiger partial charge is 0.480 e. The number of H-pyrrole nitrogens is 1. The summed E-state index contributed by atoms with van der Waals surface area (Å²) in [4.78, 5) is 37.1. The first kappa shape index (κ1) is 13.0. The molecule has 0 fully saturated rings. The zero-order valence-corrected chi connectivity index (χ0v) is 9.64. The molecular formula is C11H14N2O4. The Labute approximate surface area is 97.9 Å². The lowest BCUT2D eigenvalue weighted by Crippen LogP contribution is -2.40. The van der Waals surface area contributed by atoms with Crippen LogP contribution in [0.2, 0.25) is 0 Å². The van der Waals surface area contributed by atoms with Crippen LogP contribution in [0.25, 0.3) is 0 Å². The van der Waals surface area contributed by atoms with Crippen LogP contribution < -0.4 is 5.56 Å². The summed E-state index contributed by atoms with van der Waals surface area (Å²) in [6, 6.07) is 2.37. The summed E-state index contributed by atoms with van der Waals surface area (Å²) < 4.78 is 0. The molecule has 92 valence electrons. The molecule has 1 amide bonds. The summed E-state index contributed by atoms with van der Waals surface area (Å²) >= 11 is 0. The fraction of sp³-hybridized carbons (Fsp3) is 0.364. The average Bonchev–Trinajstić information content (AvgIpc) is 2.25. The minimum Gasteiger partial charge on any atom is -0.480 e. The first-order chi connectivity index (χ1) is 7.91. The van der Waals surface area contributed by atoms with Gasteiger partial charge in [0.25, 0.3) is 5.91 Å². The molecule has 1 heterocycles. The van der Waals surface area contributed by atoms with Crippen molar-refractivity contribution >= 4 is 11.9 Å². The molecule has 0 spiro atoms. The molecule has 0 saturated carbocycles. The van der Waals surface area contributed by atoms with Gasteiger partial charge in [0.15, 0.2) is 0 Å². The minimum atomic E-state index is -1.07. The Hall–Kier alpha value is -2.11. The molecule has 0 aliphatic rings. The van der Waals surface area contributed by atoms with Crippen molar-refractivity contribution in [1.29, 1.82) is 0 Å². The van der Waals surface area contributed by atoms with Gasteiger partial charge in [-0.25, -0.2) is 0 Å². The van der Waals surface area contributed by atoms with Crippen LogP contribution >= 0.6 is 0 Å². The molecule has 0 aliphatic heterocycles. The highest BCUT2D eigenvalue weighted by atomic mass is 16.4. The van der Waals surface area contributed by atoms with Crippen molar-refractivity contribution in [3.05, 3.63) is 34.2 Å². The van der Waals surface area contributed by atoms with Crippen LogP contribution in [-0.2, 0) is 4.79 Å². The van der Waals surface area contributed by atoms with Crippen LogP contribution in [0.4, 0.5) is 0 Å². The third kappa shape index (κ3) is 3.44. The highest BCUT2D eigenvalue weighted by Gasteiger charge is 2.21. The maximum absolute atomic E-state index is 12.0. The number of nitrogens with zero attached hydrogens (tertiary/aromatic N) is 1. The molecule has 6 heteroatoms. The number of rotatable bonds is 4. The lowest BCUT2D eigenvalue weighted by molar-refractivity contribution is -0.138. The van der Waals surface area contributed by atoms with E-state index in [4.69, 9.17) is 5.11 Å². The third-order valence-corrected chi connectivity index (χ3v) is 2.22. The van der Waals surface area contributed by atoms with E-state index in [0.29, 0.717) is 0 Å². The number of amides is 1. The van der Waals surface area contributed by atoms with Crippen LogP contribution in [0.3, 0.4) is 0 Å². The molecule has 0 bridgehead atoms. The lowest BCUT2D eigenvalue weighted by atomic mass is 10.2. The van der Waals surface area contributed by atoms with Gasteiger partial charge in [-0.15, -0.1) is 0 Å². The molecule has 17 heavy (non-hydrogen) atoms. The molecule has 1 rings (SSSR count). The number of aliphatic carboxylic acids is 1. The monoisotopic (exact) mass is 238 g/mol. The number of carboxylic acid groups (broad SMARTS) is 1. The standard InChI is InChI=1S/C11H14N2O4/c1-7(2)13(6-10(15)16)11(17)8-3-4-9(14)12-5-8/h3-5,7H,6H2,1-2H3,(H,12,14)(H,15,16). The lowest BCUT2D eigenvalue weighted by Gasteiger charge is -2.24. The molecule has 0 saturated heterocycles. The summed E-state index contributed by atoms with van der Waals surface area (Å²) in [5.41, 5.74) is -0.0459. The number of carbonyl (C=O) groups is 2. The van der Waals surface area contributed by atoms with E-state index < -0.39 is 11.9 Å². The van der Waals surface area contributed by atoms with Crippen molar-refractivity contribution in [1.82, 2.24) is 9.88 Å². The Morgan fingerprint density at radius 1 is 1.41 bits per heavy atom. The second-order valence-corrected chi connectivity index (χ2v) is 3.86. The van der Waals surface area contributed by atoms with Crippen molar-refractivity contribution in [3.63, 3.8) is 0 Å². The number of hydrogen-bond acceptors (Lipinski definition) is 3. The number of carbonyl (C=O) groups excluding carboxylic acids is 1. The van der Waals surface area contributed by atoms with E-state index in [1.165, 1.54) is 23.2 Å². The van der Waals surface area contributed by atoms with Gasteiger partial charge >= 0.3 is 5.97 Å². The zero-order valence-electron chi connectivity index (χ0n) is 9.64. The van der Waals surface area contributed by atoms with Crippen LogP contribution in [0.1, 0.15) is 24.2 Å². The van der Waals surface area contributed by atoms with Crippen molar-refractivity contribution in [2.45, 2.75) is 19.9 Å². The number of aromatic nitrogens is 1. The van der Waals surface area contributed by atoms with Gasteiger partial charge in [0.2, 0.25) is 5.56 Å². The van der Waals surface area contributed by atoms with Crippen molar-refractivity contribution in [3.8, 4) is 0 Å². The summed E-state index contributed by atoms with van der Waals surface area (Å²) in [5, 5.41) is 8.72. The SMILES string of the molecule is CC(C)N(CC(=O)O)C(=O)c1ccc(=O)[nH]c1. The second kappa shape index (κ2) is 5.29. The fourth-order valence-corrected chi connectivity index (χ4v) is 1.34. The van der Waals surface area contributed by atoms with Gasteiger partial charge in [-0.05, 0) is 19.9 Å². The minimum absolute atomic E-state index is 0.231. The Balaban J connectivity index is 2.95. The fourth-order valence-electron chi connectivity index (χ4n) is 1.34. The van der Waals surface area contributed by atoms with E-state index >= 15 is 0 Å². The Bertz CT molecular complexity index is 458. The van der Waals surface area contributed by atoms with Crippen molar-refractivity contribution < 1.29 is 14.7 Å². The van der Waals surface area contributed by atoms with Gasteiger partial charge in [-0.3, -0.25) is 14.4 Å². The molecular weight excluding hydrogens is 224 g/mol. The number of pyridine rings is 1. The first-order valence-corrected chi connectivity index (χ1v) is 5.13. The predicted molar refractivity (Wildman–Crippen MR) is 60.9 cm³/mol. The molecule has 1 aromatic heterocycles. The molecule has 1 aromatic rings. The molecule has 0 aliphatic carbocycles. The maximum atomic E-state index is 12.0. The smallest absolute Gasteiger partial charge is 0.323 e. The van der Waals surface area contributed by atoms with Gasteiger partial charge in [-0.2, -0.15) is 0 Å². The van der Waals surface area contributed by atoms with Crippen LogP contribution in [-0.4, -0.2) is 39.5 Å². The Morgan fingerprint density at radius 2 is 2.06 bits per heavy atom. The van der Waals surface area contributed by atoms with Gasteiger partial charge in [0.1, 0.15) is 6.54 Å². The number of hydrogen-bond donors (Lipinski definition) is 2. The molecule has 0 radical (unpaired) electrons. The molecule has 0 unspecified atom stereocenters. The predicted octanol–water partition coefficient (Wildman–Crippen LogP) is 0.310. The number of carboxylic acids is 1. The first-order valence-electron chi connectivity index (χ1n) is 5.13. The van der Waals surface area contributed by atoms with E-state index in [1.54, 1.807) is 13.8 Å². The average molecular weight is 238 g/mol. The van der Waals surface area contributed by atoms with Gasteiger partial charge in [-0.1, -0.05) is 0 Å². The second-order valence-electron chi connectivity index (χ2n) is 3.86. The molecule has 2 N–H and O–H groups in total. The van der Waals surface area contributed by atoms with E-state index in [9.17, 15) is 14.4 Å². The Kier molecular flexibility index (Phi) is 4.03. The van der Waals surface area contributed by atoms with Crippen LogP contribution in [0.15, 0.2) is 23.1 Å². The van der Waals surface area contributed by atoms with E-state index in [1.807, 2.05) is 0 Å². The summed E-state index contributed by atoms with van der Waals surface area (Å²) in [6.07, 6.45) is 1.28. The van der Waals surface area contributed by atoms with E-state index in [-0.39, 0.29) is 23.7 Å². The van der Waals surface area contributed by atoms with Crippen LogP contribution in [0, 0.1) is 0 Å². The normalized spacial score (nSPS) is 10.3. The zero-order chi connectivity index (χ0) is 13.0. The van der Waals surface area contributed by atoms with Crippen LogP contribution in [0.5, 0.6) is 0 Å². The summed E-state index contributed by atoms with van der Waals surface area (Å²) in [7, 11) is 0. The van der Waals surface area contributed by atoms with E-state index in [2.05, 4.69) is 4.98 Å². The summed E-state index contributed by atoms with van der Waals surface area (Å²) in [6.45, 7) is 3.09. The highest BCUT2D eigenvalue weighted by Crippen LogP contribution is 2.06. The third-order valence-electron chi connectivity index (χ3n) is 2.22. The van der Waals surface area contributed by atoms with Gasteiger partial charge < -0.3 is 15.0 Å². The molecule has 0 aromatic carbocycles. The van der Waals surface area contributed by atoms with E-state index in [0.717, 1.165) is 0 Å². The highest BCUT2D eigenvalue weighted by molar-refractivity contribution is 5.95. The van der Waals surface area contributed by atoms with Gasteiger partial charge in [0, 0.05) is 18.3 Å². The molecule has 6 nitrogen and oxygen atoms in total. The summed E-state index contributed by atoms with van der Waals surface area (Å²) in [5.74, 6) is -1.49.